The van der Waals surface area contributed by atoms with Crippen LogP contribution in [0.25, 0.3) is 0 Å². The first-order valence-corrected chi connectivity index (χ1v) is 13.9. The number of nitrogens with zero attached hydrogens (tertiary/aromatic N) is 6. The maximum Gasteiger partial charge on any atom is 0.269 e. The number of rotatable bonds is 10. The fourth-order valence-corrected chi connectivity index (χ4v) is 4.89. The summed E-state index contributed by atoms with van der Waals surface area (Å²) in [6, 6.07) is 37.1. The van der Waals surface area contributed by atoms with E-state index in [4.69, 9.17) is 0 Å². The fraction of sp³-hybridized carbons (Fsp3) is 0.118. The molecule has 0 aliphatic carbocycles. The van der Waals surface area contributed by atoms with E-state index < -0.39 is 9.85 Å². The van der Waals surface area contributed by atoms with E-state index in [-0.39, 0.29) is 11.4 Å². The molecule has 0 radical (unpaired) electrons. The van der Waals surface area contributed by atoms with Gasteiger partial charge in [0.2, 0.25) is 0 Å². The van der Waals surface area contributed by atoms with Crippen molar-refractivity contribution < 1.29 is 9.85 Å². The van der Waals surface area contributed by atoms with E-state index in [1.54, 1.807) is 24.3 Å². The summed E-state index contributed by atoms with van der Waals surface area (Å²) in [5.41, 5.74) is 7.17. The largest absolute Gasteiger partial charge is 0.378 e. The highest BCUT2D eigenvalue weighted by atomic mass is 16.6. The normalized spacial score (nSPS) is 10.6. The minimum Gasteiger partial charge on any atom is -0.378 e. The molecule has 0 heterocycles. The average molecular weight is 589 g/mol. The standard InChI is InChI=1S/C34H32N6O4/c1-35(2)25-5-9-27(10-6-25)37(28-11-7-26(8-12-28)36(3)4)29-13-15-30(16-14-29)38(31-17-21-33(22-18-31)39(41)42)32-19-23-34(24-20-32)40(43)44/h5-24H,1-4H3. The zero-order valence-electron chi connectivity index (χ0n) is 24.9. The molecule has 0 atom stereocenters. The first-order chi connectivity index (χ1) is 21.1. The number of nitro groups is 2. The van der Waals surface area contributed by atoms with E-state index in [0.717, 1.165) is 34.1 Å². The van der Waals surface area contributed by atoms with Gasteiger partial charge >= 0.3 is 0 Å². The molecule has 0 saturated carbocycles. The molecule has 5 aromatic rings. The second-order valence-electron chi connectivity index (χ2n) is 10.6. The van der Waals surface area contributed by atoms with Gasteiger partial charge in [0.1, 0.15) is 0 Å². The van der Waals surface area contributed by atoms with Crippen molar-refractivity contribution in [2.45, 2.75) is 0 Å². The van der Waals surface area contributed by atoms with Gasteiger partial charge in [-0.15, -0.1) is 0 Å². The Kier molecular flexibility index (Phi) is 8.43. The molecule has 0 amide bonds. The highest BCUT2D eigenvalue weighted by Crippen LogP contribution is 2.40. The van der Waals surface area contributed by atoms with Gasteiger partial charge in [-0.05, 0) is 97.1 Å². The average Bonchev–Trinajstić information content (AvgIpc) is 3.03. The number of non-ortho nitro benzene ring substituents is 2. The molecule has 0 bridgehead atoms. The predicted molar refractivity (Wildman–Crippen MR) is 178 cm³/mol. The predicted octanol–water partition coefficient (Wildman–Crippen LogP) is 8.57. The Labute approximate surface area is 255 Å². The van der Waals surface area contributed by atoms with Crippen LogP contribution in [0.5, 0.6) is 0 Å². The lowest BCUT2D eigenvalue weighted by Gasteiger charge is -2.29. The third kappa shape index (κ3) is 6.29. The lowest BCUT2D eigenvalue weighted by molar-refractivity contribution is -0.385. The highest BCUT2D eigenvalue weighted by molar-refractivity contribution is 5.82. The van der Waals surface area contributed by atoms with E-state index >= 15 is 0 Å². The van der Waals surface area contributed by atoms with Gasteiger partial charge in [-0.1, -0.05) is 0 Å². The van der Waals surface area contributed by atoms with Crippen LogP contribution in [0.15, 0.2) is 121 Å². The Hall–Kier alpha value is -5.90. The summed E-state index contributed by atoms with van der Waals surface area (Å²) in [7, 11) is 8.03. The Morgan fingerprint density at radius 2 is 0.545 bits per heavy atom. The van der Waals surface area contributed by atoms with Gasteiger partial charge in [0, 0.05) is 98.0 Å². The maximum atomic E-state index is 11.3. The Morgan fingerprint density at radius 1 is 0.364 bits per heavy atom. The molecule has 0 saturated heterocycles. The molecule has 0 N–H and O–H groups in total. The lowest BCUT2D eigenvalue weighted by atomic mass is 10.1. The van der Waals surface area contributed by atoms with Crippen LogP contribution in [0.3, 0.4) is 0 Å². The van der Waals surface area contributed by atoms with Crippen molar-refractivity contribution in [1.29, 1.82) is 0 Å². The quantitative estimate of drug-likeness (QED) is 0.118. The van der Waals surface area contributed by atoms with Gasteiger partial charge in [-0.2, -0.15) is 0 Å². The summed E-state index contributed by atoms with van der Waals surface area (Å²) in [4.78, 5) is 29.9. The van der Waals surface area contributed by atoms with Crippen molar-refractivity contribution in [3.8, 4) is 0 Å². The Bertz CT molecular complexity index is 1630. The van der Waals surface area contributed by atoms with Crippen molar-refractivity contribution in [3.05, 3.63) is 142 Å². The van der Waals surface area contributed by atoms with Gasteiger partial charge < -0.3 is 19.6 Å². The number of hydrogen-bond donors (Lipinski definition) is 0. The third-order valence-electron chi connectivity index (χ3n) is 7.25. The molecule has 5 rings (SSSR count). The van der Waals surface area contributed by atoms with Gasteiger partial charge in [-0.3, -0.25) is 20.2 Å². The van der Waals surface area contributed by atoms with Crippen LogP contribution in [-0.4, -0.2) is 38.0 Å². The monoisotopic (exact) mass is 588 g/mol. The molecule has 0 unspecified atom stereocenters. The van der Waals surface area contributed by atoms with Crippen molar-refractivity contribution in [1.82, 2.24) is 0 Å². The van der Waals surface area contributed by atoms with Crippen LogP contribution in [0.2, 0.25) is 0 Å². The molecular weight excluding hydrogens is 556 g/mol. The summed E-state index contributed by atoms with van der Waals surface area (Å²) >= 11 is 0. The second kappa shape index (κ2) is 12.5. The minimum atomic E-state index is -0.445. The van der Waals surface area contributed by atoms with Crippen molar-refractivity contribution >= 4 is 56.9 Å². The smallest absolute Gasteiger partial charge is 0.269 e. The van der Waals surface area contributed by atoms with E-state index in [2.05, 4.69) is 63.2 Å². The molecule has 5 aromatic carbocycles. The zero-order valence-corrected chi connectivity index (χ0v) is 24.9. The van der Waals surface area contributed by atoms with Crippen LogP contribution >= 0.6 is 0 Å². The molecular formula is C34H32N6O4. The summed E-state index contributed by atoms with van der Waals surface area (Å²) < 4.78 is 0. The molecule has 0 fully saturated rings. The van der Waals surface area contributed by atoms with Crippen molar-refractivity contribution in [2.75, 3.05) is 47.8 Å². The number of hydrogen-bond acceptors (Lipinski definition) is 8. The van der Waals surface area contributed by atoms with Gasteiger partial charge in [0.15, 0.2) is 0 Å². The number of nitro benzene ring substituents is 2. The van der Waals surface area contributed by atoms with Crippen LogP contribution in [0.1, 0.15) is 0 Å². The van der Waals surface area contributed by atoms with Crippen LogP contribution in [-0.2, 0) is 0 Å². The van der Waals surface area contributed by atoms with E-state index in [1.165, 1.54) is 24.3 Å². The molecule has 0 aromatic heterocycles. The molecule has 0 aliphatic heterocycles. The lowest BCUT2D eigenvalue weighted by Crippen LogP contribution is -2.13. The highest BCUT2D eigenvalue weighted by Gasteiger charge is 2.18. The Balaban J connectivity index is 1.57. The molecule has 10 heteroatoms. The van der Waals surface area contributed by atoms with E-state index in [9.17, 15) is 20.2 Å². The second-order valence-corrected chi connectivity index (χ2v) is 10.6. The third-order valence-corrected chi connectivity index (χ3v) is 7.25. The summed E-state index contributed by atoms with van der Waals surface area (Å²) in [5, 5.41) is 22.6. The minimum absolute atomic E-state index is 0.0241. The molecule has 44 heavy (non-hydrogen) atoms. The van der Waals surface area contributed by atoms with Crippen LogP contribution in [0, 0.1) is 20.2 Å². The first-order valence-electron chi connectivity index (χ1n) is 13.9. The van der Waals surface area contributed by atoms with Crippen molar-refractivity contribution in [3.63, 3.8) is 0 Å². The molecule has 10 nitrogen and oxygen atoms in total. The van der Waals surface area contributed by atoms with Crippen LogP contribution < -0.4 is 19.6 Å². The number of anilines is 8. The SMILES string of the molecule is CN(C)c1ccc(N(c2ccc(N(C)C)cc2)c2ccc(N(c3ccc([N+](=O)[O-])cc3)c3ccc([N+](=O)[O-])cc3)cc2)cc1. The summed E-state index contributed by atoms with van der Waals surface area (Å²) in [6.07, 6.45) is 0. The Morgan fingerprint density at radius 3 is 0.727 bits per heavy atom. The van der Waals surface area contributed by atoms with E-state index in [0.29, 0.717) is 11.4 Å². The molecule has 0 spiro atoms. The molecule has 0 aliphatic rings. The number of benzene rings is 5. The van der Waals surface area contributed by atoms with Gasteiger partial charge in [-0.25, -0.2) is 0 Å². The summed E-state index contributed by atoms with van der Waals surface area (Å²) in [5.74, 6) is 0. The molecule has 222 valence electrons. The maximum absolute atomic E-state index is 11.3. The first kappa shape index (κ1) is 29.6. The zero-order chi connectivity index (χ0) is 31.4. The van der Waals surface area contributed by atoms with Crippen LogP contribution in [0.4, 0.5) is 56.9 Å². The fourth-order valence-electron chi connectivity index (χ4n) is 4.89. The van der Waals surface area contributed by atoms with Gasteiger partial charge in [0.05, 0.1) is 9.85 Å². The van der Waals surface area contributed by atoms with E-state index in [1.807, 2.05) is 57.4 Å². The van der Waals surface area contributed by atoms with Gasteiger partial charge in [0.25, 0.3) is 11.4 Å². The topological polar surface area (TPSA) is 99.2 Å². The van der Waals surface area contributed by atoms with Crippen molar-refractivity contribution in [2.24, 2.45) is 0 Å². The summed E-state index contributed by atoms with van der Waals surface area (Å²) in [6.45, 7) is 0.